The Hall–Kier alpha value is -2.38. The van der Waals surface area contributed by atoms with E-state index in [1.807, 2.05) is 17.0 Å². The highest BCUT2D eigenvalue weighted by Crippen LogP contribution is 2.24. The fraction of sp³-hybridized carbons (Fsp3) is 0.316. The highest BCUT2D eigenvalue weighted by molar-refractivity contribution is 7.89. The second kappa shape index (κ2) is 7.88. The molecule has 7 heteroatoms. The van der Waals surface area contributed by atoms with Crippen molar-refractivity contribution in [2.24, 2.45) is 0 Å². The molecule has 1 saturated heterocycles. The Morgan fingerprint density at radius 1 is 0.962 bits per heavy atom. The smallest absolute Gasteiger partial charge is 0.340 e. The van der Waals surface area contributed by atoms with E-state index in [4.69, 9.17) is 4.74 Å². The Morgan fingerprint density at radius 2 is 1.58 bits per heavy atom. The van der Waals surface area contributed by atoms with Gasteiger partial charge in [-0.3, -0.25) is 0 Å². The molecule has 138 valence electrons. The van der Waals surface area contributed by atoms with E-state index >= 15 is 0 Å². The molecule has 0 N–H and O–H groups in total. The number of hydrogen-bond donors (Lipinski definition) is 0. The predicted molar refractivity (Wildman–Crippen MR) is 99.8 cm³/mol. The molecule has 0 bridgehead atoms. The third-order valence-electron chi connectivity index (χ3n) is 4.36. The number of benzene rings is 2. The number of esters is 1. The van der Waals surface area contributed by atoms with Gasteiger partial charge in [0.1, 0.15) is 0 Å². The van der Waals surface area contributed by atoms with Crippen LogP contribution in [-0.4, -0.2) is 51.5 Å². The molecule has 3 rings (SSSR count). The lowest BCUT2D eigenvalue weighted by atomic mass is 10.1. The lowest BCUT2D eigenvalue weighted by Crippen LogP contribution is -2.49. The Balaban J connectivity index is 1.75. The molecule has 0 aromatic heterocycles. The minimum absolute atomic E-state index is 0.306. The summed E-state index contributed by atoms with van der Waals surface area (Å²) in [7, 11) is -3.49. The molecule has 1 heterocycles. The van der Waals surface area contributed by atoms with Crippen LogP contribution in [0.2, 0.25) is 0 Å². The number of sulfonamides is 1. The first-order valence-corrected chi connectivity index (χ1v) is 10.0. The number of rotatable bonds is 5. The van der Waals surface area contributed by atoms with Gasteiger partial charge in [0, 0.05) is 26.2 Å². The standard InChI is InChI=1S/C19H22N2O4S/c1-2-25-19(22)17-10-6-7-11-18(17)20-12-14-21(15-13-20)26(23,24)16-8-4-3-5-9-16/h3-11H,2,12-15H2,1H3. The van der Waals surface area contributed by atoms with Gasteiger partial charge in [-0.2, -0.15) is 4.31 Å². The second-order valence-electron chi connectivity index (χ2n) is 5.94. The molecule has 0 amide bonds. The summed E-state index contributed by atoms with van der Waals surface area (Å²) >= 11 is 0. The first-order valence-electron chi connectivity index (χ1n) is 8.60. The molecule has 26 heavy (non-hydrogen) atoms. The van der Waals surface area contributed by atoms with Crippen molar-refractivity contribution in [1.29, 1.82) is 0 Å². The van der Waals surface area contributed by atoms with E-state index in [2.05, 4.69) is 0 Å². The summed E-state index contributed by atoms with van der Waals surface area (Å²) in [5.41, 5.74) is 1.29. The van der Waals surface area contributed by atoms with Gasteiger partial charge < -0.3 is 9.64 Å². The fourth-order valence-corrected chi connectivity index (χ4v) is 4.48. The summed E-state index contributed by atoms with van der Waals surface area (Å²) < 4.78 is 32.1. The zero-order valence-corrected chi connectivity index (χ0v) is 15.5. The van der Waals surface area contributed by atoms with Gasteiger partial charge in [0.15, 0.2) is 0 Å². The Kier molecular flexibility index (Phi) is 5.58. The molecule has 1 aliphatic rings. The van der Waals surface area contributed by atoms with Gasteiger partial charge in [0.05, 0.1) is 22.8 Å². The number of ether oxygens (including phenoxy) is 1. The average molecular weight is 374 g/mol. The van der Waals surface area contributed by atoms with Crippen LogP contribution >= 0.6 is 0 Å². The quantitative estimate of drug-likeness (QED) is 0.752. The molecule has 1 fully saturated rings. The number of nitrogens with zero attached hydrogens (tertiary/aromatic N) is 2. The molecule has 0 atom stereocenters. The summed E-state index contributed by atoms with van der Waals surface area (Å²) in [4.78, 5) is 14.5. The molecular formula is C19H22N2O4S. The Labute approximate surface area is 154 Å². The highest BCUT2D eigenvalue weighted by atomic mass is 32.2. The molecule has 0 radical (unpaired) electrons. The summed E-state index contributed by atoms with van der Waals surface area (Å²) in [5.74, 6) is -0.359. The molecule has 0 spiro atoms. The third kappa shape index (κ3) is 3.73. The van der Waals surface area contributed by atoms with Crippen LogP contribution in [0.25, 0.3) is 0 Å². The maximum atomic E-state index is 12.7. The van der Waals surface area contributed by atoms with Crippen molar-refractivity contribution in [2.75, 3.05) is 37.7 Å². The van der Waals surface area contributed by atoms with Gasteiger partial charge in [-0.05, 0) is 31.2 Å². The normalized spacial score (nSPS) is 15.7. The van der Waals surface area contributed by atoms with Crippen molar-refractivity contribution < 1.29 is 17.9 Å². The van der Waals surface area contributed by atoms with Crippen molar-refractivity contribution in [2.45, 2.75) is 11.8 Å². The zero-order chi connectivity index (χ0) is 18.6. The number of carbonyl (C=O) groups excluding carboxylic acids is 1. The van der Waals surface area contributed by atoms with Crippen molar-refractivity contribution in [3.05, 3.63) is 60.2 Å². The average Bonchev–Trinajstić information content (AvgIpc) is 2.69. The van der Waals surface area contributed by atoms with Gasteiger partial charge in [-0.15, -0.1) is 0 Å². The van der Waals surface area contributed by atoms with E-state index in [-0.39, 0.29) is 5.97 Å². The van der Waals surface area contributed by atoms with E-state index < -0.39 is 10.0 Å². The van der Waals surface area contributed by atoms with Crippen LogP contribution in [0.1, 0.15) is 17.3 Å². The molecule has 2 aromatic carbocycles. The number of para-hydroxylation sites is 1. The Bertz CT molecular complexity index is 860. The van der Waals surface area contributed by atoms with E-state index in [1.54, 1.807) is 49.4 Å². The van der Waals surface area contributed by atoms with Crippen molar-refractivity contribution in [3.8, 4) is 0 Å². The van der Waals surface area contributed by atoms with Crippen LogP contribution in [-0.2, 0) is 14.8 Å². The highest BCUT2D eigenvalue weighted by Gasteiger charge is 2.29. The summed E-state index contributed by atoms with van der Waals surface area (Å²) in [5, 5.41) is 0. The molecule has 0 saturated carbocycles. The first-order chi connectivity index (χ1) is 12.5. The lowest BCUT2D eigenvalue weighted by Gasteiger charge is -2.36. The van der Waals surface area contributed by atoms with E-state index in [9.17, 15) is 13.2 Å². The van der Waals surface area contributed by atoms with Gasteiger partial charge in [-0.25, -0.2) is 13.2 Å². The zero-order valence-electron chi connectivity index (χ0n) is 14.7. The van der Waals surface area contributed by atoms with Crippen LogP contribution < -0.4 is 4.90 Å². The van der Waals surface area contributed by atoms with Gasteiger partial charge >= 0.3 is 5.97 Å². The minimum Gasteiger partial charge on any atom is -0.462 e. The lowest BCUT2D eigenvalue weighted by molar-refractivity contribution is 0.0527. The van der Waals surface area contributed by atoms with Gasteiger partial charge in [0.25, 0.3) is 0 Å². The van der Waals surface area contributed by atoms with Crippen molar-refractivity contribution in [3.63, 3.8) is 0 Å². The monoisotopic (exact) mass is 374 g/mol. The number of hydrogen-bond acceptors (Lipinski definition) is 5. The predicted octanol–water partition coefficient (Wildman–Crippen LogP) is 2.37. The third-order valence-corrected chi connectivity index (χ3v) is 6.27. The van der Waals surface area contributed by atoms with Gasteiger partial charge in [-0.1, -0.05) is 30.3 Å². The topological polar surface area (TPSA) is 66.9 Å². The van der Waals surface area contributed by atoms with Crippen LogP contribution in [0.5, 0.6) is 0 Å². The number of anilines is 1. The van der Waals surface area contributed by atoms with Crippen LogP contribution in [0.4, 0.5) is 5.69 Å². The molecule has 0 unspecified atom stereocenters. The van der Waals surface area contributed by atoms with E-state index in [0.717, 1.165) is 5.69 Å². The van der Waals surface area contributed by atoms with Gasteiger partial charge in [0.2, 0.25) is 10.0 Å². The number of carbonyl (C=O) groups is 1. The Morgan fingerprint density at radius 3 is 2.23 bits per heavy atom. The van der Waals surface area contributed by atoms with E-state index in [1.165, 1.54) is 4.31 Å². The van der Waals surface area contributed by atoms with E-state index in [0.29, 0.717) is 43.2 Å². The molecule has 6 nitrogen and oxygen atoms in total. The maximum Gasteiger partial charge on any atom is 0.340 e. The van der Waals surface area contributed by atoms with Crippen molar-refractivity contribution in [1.82, 2.24) is 4.31 Å². The minimum atomic E-state index is -3.49. The van der Waals surface area contributed by atoms with Crippen LogP contribution in [0, 0.1) is 0 Å². The SMILES string of the molecule is CCOC(=O)c1ccccc1N1CCN(S(=O)(=O)c2ccccc2)CC1. The van der Waals surface area contributed by atoms with Crippen LogP contribution in [0.3, 0.4) is 0 Å². The van der Waals surface area contributed by atoms with Crippen molar-refractivity contribution >= 4 is 21.7 Å². The van der Waals surface area contributed by atoms with Crippen LogP contribution in [0.15, 0.2) is 59.5 Å². The maximum absolute atomic E-state index is 12.7. The molecule has 0 aliphatic carbocycles. The first kappa shape index (κ1) is 18.4. The molecule has 1 aliphatic heterocycles. The summed E-state index contributed by atoms with van der Waals surface area (Å²) in [6.45, 7) is 3.86. The molecule has 2 aromatic rings. The summed E-state index contributed by atoms with van der Waals surface area (Å²) in [6.07, 6.45) is 0. The molecular weight excluding hydrogens is 352 g/mol. The second-order valence-corrected chi connectivity index (χ2v) is 7.88. The number of piperazine rings is 1. The summed E-state index contributed by atoms with van der Waals surface area (Å²) in [6, 6.07) is 15.7. The largest absolute Gasteiger partial charge is 0.462 e. The fourth-order valence-electron chi connectivity index (χ4n) is 3.04.